The molecule has 1 aromatic heterocycles. The van der Waals surface area contributed by atoms with E-state index in [1.807, 2.05) is 104 Å². The summed E-state index contributed by atoms with van der Waals surface area (Å²) in [5, 5.41) is 18.0. The third-order valence-corrected chi connectivity index (χ3v) is 6.93. The van der Waals surface area contributed by atoms with Gasteiger partial charge in [-0.15, -0.1) is 15.0 Å². The number of hydrogen-bond acceptors (Lipinski definition) is 4. The Hall–Kier alpha value is -4.88. The number of rotatable bonds is 5. The van der Waals surface area contributed by atoms with Crippen LogP contribution in [-0.2, 0) is 4.79 Å². The monoisotopic (exact) mass is 527 g/mol. The first kappa shape index (κ1) is 24.5. The Morgan fingerprint density at radius 1 is 0.769 bits per heavy atom. The minimum Gasteiger partial charge on any atom is -0.332 e. The molecular weight excluding hydrogens is 502 g/mol. The summed E-state index contributed by atoms with van der Waals surface area (Å²) >= 11 is 5.56. The van der Waals surface area contributed by atoms with Gasteiger partial charge in [0.2, 0.25) is 5.91 Å². The Balaban J connectivity index is 1.25. The minimum absolute atomic E-state index is 0.203. The number of aryl methyl sites for hydroxylation is 1. The molecule has 0 bridgehead atoms. The Kier molecular flexibility index (Phi) is 6.57. The molecule has 0 spiro atoms. The second-order valence-corrected chi connectivity index (χ2v) is 9.75. The average Bonchev–Trinajstić information content (AvgIpc) is 3.36. The highest BCUT2D eigenvalue weighted by Crippen LogP contribution is 2.27. The molecule has 1 heterocycles. The lowest BCUT2D eigenvalue weighted by atomic mass is 9.90. The van der Waals surface area contributed by atoms with Crippen LogP contribution < -0.4 is 10.6 Å². The molecule has 5 aromatic carbocycles. The lowest BCUT2D eigenvalue weighted by molar-refractivity contribution is -0.120. The van der Waals surface area contributed by atoms with E-state index in [9.17, 15) is 4.79 Å². The van der Waals surface area contributed by atoms with Crippen LogP contribution in [0.15, 0.2) is 115 Å². The van der Waals surface area contributed by atoms with Gasteiger partial charge in [0.1, 0.15) is 11.0 Å². The fraction of sp³-hybridized carbons (Fsp3) is 0.0625. The molecule has 0 radical (unpaired) electrons. The summed E-state index contributed by atoms with van der Waals surface area (Å²) in [6.45, 7) is 1.97. The van der Waals surface area contributed by atoms with E-state index in [2.05, 4.69) is 28.8 Å². The van der Waals surface area contributed by atoms with Crippen molar-refractivity contribution in [3.05, 3.63) is 132 Å². The van der Waals surface area contributed by atoms with Gasteiger partial charge in [-0.1, -0.05) is 97.1 Å². The zero-order valence-electron chi connectivity index (χ0n) is 21.2. The fourth-order valence-corrected chi connectivity index (χ4v) is 5.03. The smallest absolute Gasteiger partial charge is 0.238 e. The molecule has 0 aliphatic carbocycles. The molecule has 6 nitrogen and oxygen atoms in total. The topological polar surface area (TPSA) is 71.8 Å². The van der Waals surface area contributed by atoms with E-state index in [0.717, 1.165) is 49.9 Å². The van der Waals surface area contributed by atoms with E-state index in [1.165, 1.54) is 0 Å². The average molecular weight is 528 g/mol. The van der Waals surface area contributed by atoms with Gasteiger partial charge < -0.3 is 10.6 Å². The van der Waals surface area contributed by atoms with Crippen molar-refractivity contribution < 1.29 is 4.79 Å². The van der Waals surface area contributed by atoms with Gasteiger partial charge in [-0.3, -0.25) is 4.79 Å². The summed E-state index contributed by atoms with van der Waals surface area (Å²) in [6, 6.07) is 37.5. The quantitative estimate of drug-likeness (QED) is 0.250. The van der Waals surface area contributed by atoms with Crippen molar-refractivity contribution in [1.29, 1.82) is 0 Å². The SMILES string of the molecule is Cc1cc2nn(-c3cccc4ccccc34)nc2cc1NC(=S)NC(=O)C(c1ccccc1)c1ccccc1. The summed E-state index contributed by atoms with van der Waals surface area (Å²) in [5.74, 6) is -0.693. The Labute approximate surface area is 231 Å². The van der Waals surface area contributed by atoms with E-state index in [-0.39, 0.29) is 11.0 Å². The largest absolute Gasteiger partial charge is 0.332 e. The van der Waals surface area contributed by atoms with Crippen LogP contribution in [0, 0.1) is 6.92 Å². The highest BCUT2D eigenvalue weighted by molar-refractivity contribution is 7.80. The molecule has 1 amide bonds. The van der Waals surface area contributed by atoms with Crippen LogP contribution in [0.5, 0.6) is 0 Å². The van der Waals surface area contributed by atoms with E-state index in [4.69, 9.17) is 22.4 Å². The van der Waals surface area contributed by atoms with Crippen LogP contribution >= 0.6 is 12.2 Å². The molecule has 0 aliphatic heterocycles. The number of nitrogens with one attached hydrogen (secondary N) is 2. The molecule has 6 rings (SSSR count). The third kappa shape index (κ3) is 5.00. The molecule has 0 atom stereocenters. The second-order valence-electron chi connectivity index (χ2n) is 9.34. The first-order valence-corrected chi connectivity index (χ1v) is 13.1. The minimum atomic E-state index is -0.490. The Morgan fingerprint density at radius 3 is 2.05 bits per heavy atom. The summed E-state index contributed by atoms with van der Waals surface area (Å²) in [7, 11) is 0. The van der Waals surface area contributed by atoms with Gasteiger partial charge in [0, 0.05) is 11.1 Å². The van der Waals surface area contributed by atoms with Crippen molar-refractivity contribution in [3.63, 3.8) is 0 Å². The molecule has 0 saturated carbocycles. The van der Waals surface area contributed by atoms with Crippen molar-refractivity contribution in [3.8, 4) is 5.69 Å². The summed E-state index contributed by atoms with van der Waals surface area (Å²) < 4.78 is 0. The summed E-state index contributed by atoms with van der Waals surface area (Å²) in [6.07, 6.45) is 0. The van der Waals surface area contributed by atoms with E-state index in [0.29, 0.717) is 0 Å². The number of fused-ring (bicyclic) bond motifs is 2. The van der Waals surface area contributed by atoms with Crippen LogP contribution in [0.25, 0.3) is 27.5 Å². The van der Waals surface area contributed by atoms with Crippen LogP contribution in [0.4, 0.5) is 5.69 Å². The van der Waals surface area contributed by atoms with Gasteiger partial charge in [0.15, 0.2) is 5.11 Å². The zero-order chi connectivity index (χ0) is 26.8. The first-order valence-electron chi connectivity index (χ1n) is 12.6. The number of amides is 1. The maximum atomic E-state index is 13.4. The lowest BCUT2D eigenvalue weighted by Crippen LogP contribution is -2.38. The first-order chi connectivity index (χ1) is 19.1. The highest BCUT2D eigenvalue weighted by atomic mass is 32.1. The fourth-order valence-electron chi connectivity index (χ4n) is 4.82. The third-order valence-electron chi connectivity index (χ3n) is 6.72. The van der Waals surface area contributed by atoms with Gasteiger partial charge in [-0.05, 0) is 59.4 Å². The number of carbonyl (C=O) groups is 1. The van der Waals surface area contributed by atoms with Crippen molar-refractivity contribution in [2.75, 3.05) is 5.32 Å². The van der Waals surface area contributed by atoms with Gasteiger partial charge in [-0.25, -0.2) is 0 Å². The molecule has 0 saturated heterocycles. The Morgan fingerprint density at radius 2 is 1.36 bits per heavy atom. The normalized spacial score (nSPS) is 11.1. The van der Waals surface area contributed by atoms with E-state index < -0.39 is 5.92 Å². The Bertz CT molecular complexity index is 1770. The van der Waals surface area contributed by atoms with Crippen LogP contribution in [0.2, 0.25) is 0 Å². The molecule has 2 N–H and O–H groups in total. The maximum Gasteiger partial charge on any atom is 0.238 e. The number of benzene rings is 5. The van der Waals surface area contributed by atoms with Crippen LogP contribution in [0.3, 0.4) is 0 Å². The van der Waals surface area contributed by atoms with Gasteiger partial charge in [-0.2, -0.15) is 0 Å². The number of anilines is 1. The van der Waals surface area contributed by atoms with Crippen molar-refractivity contribution in [1.82, 2.24) is 20.3 Å². The number of hydrogen-bond donors (Lipinski definition) is 2. The van der Waals surface area contributed by atoms with E-state index >= 15 is 0 Å². The predicted molar refractivity (Wildman–Crippen MR) is 160 cm³/mol. The maximum absolute atomic E-state index is 13.4. The molecule has 0 fully saturated rings. The number of nitrogens with zero attached hydrogens (tertiary/aromatic N) is 3. The van der Waals surface area contributed by atoms with Crippen molar-refractivity contribution in [2.45, 2.75) is 12.8 Å². The summed E-state index contributed by atoms with van der Waals surface area (Å²) in [4.78, 5) is 15.1. The molecular formula is C32H25N5OS. The predicted octanol–water partition coefficient (Wildman–Crippen LogP) is 6.53. The molecule has 190 valence electrons. The molecule has 7 heteroatoms. The van der Waals surface area contributed by atoms with Gasteiger partial charge >= 0.3 is 0 Å². The van der Waals surface area contributed by atoms with Crippen LogP contribution in [0.1, 0.15) is 22.6 Å². The van der Waals surface area contributed by atoms with E-state index in [1.54, 1.807) is 4.80 Å². The molecule has 0 unspecified atom stereocenters. The number of carbonyl (C=O) groups excluding carboxylic acids is 1. The lowest BCUT2D eigenvalue weighted by Gasteiger charge is -2.19. The van der Waals surface area contributed by atoms with Gasteiger partial charge in [0.25, 0.3) is 0 Å². The van der Waals surface area contributed by atoms with Crippen molar-refractivity contribution in [2.24, 2.45) is 0 Å². The van der Waals surface area contributed by atoms with Gasteiger partial charge in [0.05, 0.1) is 11.6 Å². The van der Waals surface area contributed by atoms with Crippen molar-refractivity contribution >= 4 is 50.7 Å². The number of aromatic nitrogens is 3. The summed E-state index contributed by atoms with van der Waals surface area (Å²) in [5.41, 5.74) is 5.89. The molecule has 6 aromatic rings. The second kappa shape index (κ2) is 10.5. The molecule has 39 heavy (non-hydrogen) atoms. The highest BCUT2D eigenvalue weighted by Gasteiger charge is 2.23. The van der Waals surface area contributed by atoms with Crippen LogP contribution in [-0.4, -0.2) is 26.0 Å². The number of thiocarbonyl (C=S) groups is 1. The zero-order valence-corrected chi connectivity index (χ0v) is 22.0. The standard InChI is InChI=1S/C32H25N5OS/c1-21-19-27-28(36-37(35-27)29-18-10-16-22-11-8-9-17-25(22)29)20-26(21)33-32(39)34-31(38)30(23-12-4-2-5-13-23)24-14-6-3-7-15-24/h2-20,30H,1H3,(H2,33,34,38,39). The molecule has 0 aliphatic rings.